The standard InChI is InChI=1S/C18H23N/c1-13-9-8-12-17(14(13)2)18(19-4)15(3)16-10-6-5-7-11-16/h5-12,15,18-19H,1-4H3. The van der Waals surface area contributed by atoms with E-state index in [1.807, 2.05) is 7.05 Å². The van der Waals surface area contributed by atoms with Crippen molar-refractivity contribution in [2.24, 2.45) is 0 Å². The van der Waals surface area contributed by atoms with Crippen molar-refractivity contribution in [1.29, 1.82) is 0 Å². The fourth-order valence-corrected chi connectivity index (χ4v) is 2.73. The fourth-order valence-electron chi connectivity index (χ4n) is 2.73. The molecule has 0 saturated heterocycles. The van der Waals surface area contributed by atoms with Crippen molar-refractivity contribution in [2.75, 3.05) is 7.05 Å². The Morgan fingerprint density at radius 3 is 2.21 bits per heavy atom. The van der Waals surface area contributed by atoms with Gasteiger partial charge < -0.3 is 5.32 Å². The summed E-state index contributed by atoms with van der Waals surface area (Å²) in [5, 5.41) is 3.48. The number of nitrogens with one attached hydrogen (secondary N) is 1. The highest BCUT2D eigenvalue weighted by molar-refractivity contribution is 5.37. The first-order valence-electron chi connectivity index (χ1n) is 6.93. The molecule has 0 radical (unpaired) electrons. The van der Waals surface area contributed by atoms with E-state index in [1.165, 1.54) is 22.3 Å². The molecule has 1 N–H and O–H groups in total. The van der Waals surface area contributed by atoms with E-state index in [4.69, 9.17) is 0 Å². The highest BCUT2D eigenvalue weighted by Gasteiger charge is 2.20. The zero-order valence-electron chi connectivity index (χ0n) is 12.3. The average molecular weight is 253 g/mol. The predicted molar refractivity (Wildman–Crippen MR) is 82.6 cm³/mol. The Labute approximate surface area is 116 Å². The first-order chi connectivity index (χ1) is 9.15. The van der Waals surface area contributed by atoms with E-state index in [1.54, 1.807) is 0 Å². The van der Waals surface area contributed by atoms with Gasteiger partial charge in [0.2, 0.25) is 0 Å². The van der Waals surface area contributed by atoms with Gasteiger partial charge >= 0.3 is 0 Å². The van der Waals surface area contributed by atoms with Crippen LogP contribution in [-0.4, -0.2) is 7.05 Å². The van der Waals surface area contributed by atoms with Crippen molar-refractivity contribution < 1.29 is 0 Å². The van der Waals surface area contributed by atoms with Gasteiger partial charge in [-0.05, 0) is 43.1 Å². The highest BCUT2D eigenvalue weighted by atomic mass is 14.9. The summed E-state index contributed by atoms with van der Waals surface area (Å²) in [6.07, 6.45) is 0. The maximum atomic E-state index is 3.48. The number of hydrogen-bond acceptors (Lipinski definition) is 1. The molecule has 2 aromatic carbocycles. The van der Waals surface area contributed by atoms with E-state index < -0.39 is 0 Å². The Morgan fingerprint density at radius 1 is 0.895 bits per heavy atom. The van der Waals surface area contributed by atoms with E-state index in [-0.39, 0.29) is 0 Å². The molecule has 2 atom stereocenters. The predicted octanol–water partition coefficient (Wildman–Crippen LogP) is 4.37. The summed E-state index contributed by atoms with van der Waals surface area (Å²) >= 11 is 0. The molecule has 0 aliphatic rings. The number of rotatable bonds is 4. The molecule has 1 heteroatoms. The number of benzene rings is 2. The lowest BCUT2D eigenvalue weighted by Gasteiger charge is -2.26. The third-order valence-corrected chi connectivity index (χ3v) is 4.12. The quantitative estimate of drug-likeness (QED) is 0.853. The lowest BCUT2D eigenvalue weighted by atomic mass is 9.86. The Balaban J connectivity index is 2.37. The zero-order valence-corrected chi connectivity index (χ0v) is 12.3. The molecule has 0 aliphatic heterocycles. The largest absolute Gasteiger partial charge is 0.312 e. The molecular weight excluding hydrogens is 230 g/mol. The minimum absolute atomic E-state index is 0.349. The number of hydrogen-bond donors (Lipinski definition) is 1. The van der Waals surface area contributed by atoms with E-state index in [0.29, 0.717) is 12.0 Å². The van der Waals surface area contributed by atoms with Gasteiger partial charge in [-0.3, -0.25) is 0 Å². The van der Waals surface area contributed by atoms with Crippen LogP contribution in [0.15, 0.2) is 48.5 Å². The Bertz CT molecular complexity index is 531. The van der Waals surface area contributed by atoms with E-state index in [9.17, 15) is 0 Å². The maximum Gasteiger partial charge on any atom is 0.0387 e. The van der Waals surface area contributed by atoms with Crippen LogP contribution < -0.4 is 5.32 Å². The fraction of sp³-hybridized carbons (Fsp3) is 0.333. The first kappa shape index (κ1) is 13.8. The average Bonchev–Trinajstić information content (AvgIpc) is 2.45. The van der Waals surface area contributed by atoms with Crippen molar-refractivity contribution in [2.45, 2.75) is 32.7 Å². The van der Waals surface area contributed by atoms with Gasteiger partial charge in [-0.2, -0.15) is 0 Å². The third-order valence-electron chi connectivity index (χ3n) is 4.12. The van der Waals surface area contributed by atoms with Crippen molar-refractivity contribution in [3.63, 3.8) is 0 Å². The molecule has 100 valence electrons. The normalized spacial score (nSPS) is 14.1. The van der Waals surface area contributed by atoms with Crippen molar-refractivity contribution >= 4 is 0 Å². The van der Waals surface area contributed by atoms with Gasteiger partial charge in [0.05, 0.1) is 0 Å². The van der Waals surface area contributed by atoms with Gasteiger partial charge in [0, 0.05) is 12.0 Å². The van der Waals surface area contributed by atoms with Crippen LogP contribution >= 0.6 is 0 Å². The van der Waals surface area contributed by atoms with Gasteiger partial charge in [0.15, 0.2) is 0 Å². The summed E-state index contributed by atoms with van der Waals surface area (Å²) in [7, 11) is 2.05. The highest BCUT2D eigenvalue weighted by Crippen LogP contribution is 2.32. The van der Waals surface area contributed by atoms with Crippen LogP contribution in [0.25, 0.3) is 0 Å². The molecule has 0 aromatic heterocycles. The monoisotopic (exact) mass is 253 g/mol. The molecule has 1 nitrogen and oxygen atoms in total. The second-order valence-electron chi connectivity index (χ2n) is 5.25. The first-order valence-corrected chi connectivity index (χ1v) is 6.93. The van der Waals surface area contributed by atoms with E-state index in [2.05, 4.69) is 74.6 Å². The van der Waals surface area contributed by atoms with Gasteiger partial charge in [-0.1, -0.05) is 55.5 Å². The summed E-state index contributed by atoms with van der Waals surface area (Å²) < 4.78 is 0. The molecule has 2 rings (SSSR count). The minimum Gasteiger partial charge on any atom is -0.312 e. The Morgan fingerprint density at radius 2 is 1.58 bits per heavy atom. The van der Waals surface area contributed by atoms with Gasteiger partial charge in [-0.25, -0.2) is 0 Å². The van der Waals surface area contributed by atoms with Crippen LogP contribution in [0.4, 0.5) is 0 Å². The molecule has 0 fully saturated rings. The molecule has 0 heterocycles. The molecule has 19 heavy (non-hydrogen) atoms. The molecule has 0 amide bonds. The second-order valence-corrected chi connectivity index (χ2v) is 5.25. The molecule has 0 aliphatic carbocycles. The van der Waals surface area contributed by atoms with Crippen LogP contribution in [-0.2, 0) is 0 Å². The summed E-state index contributed by atoms with van der Waals surface area (Å²) in [6, 6.07) is 17.6. The summed E-state index contributed by atoms with van der Waals surface area (Å²) in [5.74, 6) is 0.451. The Hall–Kier alpha value is -1.60. The van der Waals surface area contributed by atoms with Crippen LogP contribution in [0.5, 0.6) is 0 Å². The molecule has 0 bridgehead atoms. The molecule has 2 aromatic rings. The van der Waals surface area contributed by atoms with Gasteiger partial charge in [0.1, 0.15) is 0 Å². The molecule has 0 spiro atoms. The van der Waals surface area contributed by atoms with Crippen LogP contribution in [0, 0.1) is 13.8 Å². The lowest BCUT2D eigenvalue weighted by Crippen LogP contribution is -2.23. The zero-order chi connectivity index (χ0) is 13.8. The van der Waals surface area contributed by atoms with E-state index in [0.717, 1.165) is 0 Å². The van der Waals surface area contributed by atoms with Crippen molar-refractivity contribution in [3.8, 4) is 0 Å². The van der Waals surface area contributed by atoms with Crippen LogP contribution in [0.3, 0.4) is 0 Å². The topological polar surface area (TPSA) is 12.0 Å². The van der Waals surface area contributed by atoms with Crippen molar-refractivity contribution in [1.82, 2.24) is 5.32 Å². The third kappa shape index (κ3) is 2.87. The number of aryl methyl sites for hydroxylation is 1. The van der Waals surface area contributed by atoms with Gasteiger partial charge in [-0.15, -0.1) is 0 Å². The maximum absolute atomic E-state index is 3.48. The van der Waals surface area contributed by atoms with Gasteiger partial charge in [0.25, 0.3) is 0 Å². The van der Waals surface area contributed by atoms with E-state index >= 15 is 0 Å². The minimum atomic E-state index is 0.349. The SMILES string of the molecule is CNC(c1cccc(C)c1C)C(C)c1ccccc1. The molecule has 0 saturated carbocycles. The second kappa shape index (κ2) is 6.03. The smallest absolute Gasteiger partial charge is 0.0387 e. The Kier molecular flexibility index (Phi) is 4.39. The molecular formula is C18H23N. The van der Waals surface area contributed by atoms with Crippen molar-refractivity contribution in [3.05, 3.63) is 70.8 Å². The molecule has 2 unspecified atom stereocenters. The summed E-state index contributed by atoms with van der Waals surface area (Å²) in [6.45, 7) is 6.68. The lowest BCUT2D eigenvalue weighted by molar-refractivity contribution is 0.505. The van der Waals surface area contributed by atoms with Crippen LogP contribution in [0.2, 0.25) is 0 Å². The summed E-state index contributed by atoms with van der Waals surface area (Å²) in [4.78, 5) is 0. The number of likely N-dealkylation sites (N-methyl/N-ethyl adjacent to an activating group) is 1. The van der Waals surface area contributed by atoms with Crippen LogP contribution in [0.1, 0.15) is 41.1 Å². The summed E-state index contributed by atoms with van der Waals surface area (Å²) in [5.41, 5.74) is 5.53.